The maximum atomic E-state index is 13.4. The number of ether oxygens (including phenoxy) is 2. The monoisotopic (exact) mass is 530 g/mol. The van der Waals surface area contributed by atoms with Gasteiger partial charge in [0.1, 0.15) is 23.2 Å². The van der Waals surface area contributed by atoms with Gasteiger partial charge >= 0.3 is 5.97 Å². The Bertz CT molecular complexity index is 1340. The topological polar surface area (TPSA) is 102 Å². The molecule has 2 atom stereocenters. The number of nitrogens with zero attached hydrogens (tertiary/aromatic N) is 1. The smallest absolute Gasteiger partial charge is 0.324 e. The molecule has 1 fully saturated rings. The molecular formula is C31H38N4O4. The minimum absolute atomic E-state index is 0.112. The Morgan fingerprint density at radius 3 is 2.85 bits per heavy atom. The van der Waals surface area contributed by atoms with Crippen LogP contribution in [0.5, 0.6) is 5.75 Å². The standard InChI is InChI=1S/C31H38N4O4/c1-30(2,3)39-29(37)26-23-16-21(9-10-24(23)31(4,5)18-34-26)35-28(36)22-7-6-13-32-27(22)33-17-19-8-11-25-20(15-19)12-14-38-25/h6-8,10-11,13,15-16,23,26,34H,9,12,14,17-18H2,1-5H3,(H,32,33)(H,35,36). The number of amides is 1. The zero-order chi connectivity index (χ0) is 27.8. The number of pyridine rings is 1. The minimum atomic E-state index is -0.581. The van der Waals surface area contributed by atoms with E-state index in [1.54, 1.807) is 18.3 Å². The lowest BCUT2D eigenvalue weighted by atomic mass is 9.68. The van der Waals surface area contributed by atoms with Gasteiger partial charge in [-0.25, -0.2) is 4.98 Å². The largest absolute Gasteiger partial charge is 0.493 e. The molecule has 2 aromatic rings. The minimum Gasteiger partial charge on any atom is -0.493 e. The van der Waals surface area contributed by atoms with Crippen molar-refractivity contribution in [1.29, 1.82) is 0 Å². The first-order valence-corrected chi connectivity index (χ1v) is 13.6. The van der Waals surface area contributed by atoms with E-state index in [-0.39, 0.29) is 23.2 Å². The lowest BCUT2D eigenvalue weighted by Gasteiger charge is -2.44. The summed E-state index contributed by atoms with van der Waals surface area (Å²) >= 11 is 0. The fourth-order valence-electron chi connectivity index (χ4n) is 5.49. The van der Waals surface area contributed by atoms with Crippen molar-refractivity contribution >= 4 is 17.7 Å². The maximum Gasteiger partial charge on any atom is 0.324 e. The Balaban J connectivity index is 1.31. The van der Waals surface area contributed by atoms with Crippen molar-refractivity contribution in [2.24, 2.45) is 11.3 Å². The van der Waals surface area contributed by atoms with Gasteiger partial charge in [-0.15, -0.1) is 0 Å². The average Bonchev–Trinajstić information content (AvgIpc) is 3.34. The molecule has 5 rings (SSSR count). The highest BCUT2D eigenvalue weighted by Gasteiger charge is 2.44. The number of anilines is 1. The highest BCUT2D eigenvalue weighted by Crippen LogP contribution is 2.41. The quantitative estimate of drug-likeness (QED) is 0.373. The summed E-state index contributed by atoms with van der Waals surface area (Å²) in [5.74, 6) is 0.733. The Morgan fingerprint density at radius 2 is 2.05 bits per heavy atom. The van der Waals surface area contributed by atoms with Gasteiger partial charge in [0.25, 0.3) is 5.91 Å². The number of esters is 1. The van der Waals surface area contributed by atoms with Crippen molar-refractivity contribution in [1.82, 2.24) is 15.6 Å². The van der Waals surface area contributed by atoms with E-state index in [1.807, 2.05) is 39.0 Å². The third-order valence-electron chi connectivity index (χ3n) is 7.39. The second-order valence-corrected chi connectivity index (χ2v) is 12.1. The van der Waals surface area contributed by atoms with E-state index >= 15 is 0 Å². The van der Waals surface area contributed by atoms with E-state index in [2.05, 4.69) is 46.9 Å². The second-order valence-electron chi connectivity index (χ2n) is 12.1. The normalized spacial score (nSPS) is 21.5. The van der Waals surface area contributed by atoms with Gasteiger partial charge in [0.15, 0.2) is 0 Å². The molecule has 0 saturated carbocycles. The number of rotatable bonds is 6. The first-order valence-electron chi connectivity index (χ1n) is 13.6. The third kappa shape index (κ3) is 6.01. The summed E-state index contributed by atoms with van der Waals surface area (Å²) in [5.41, 5.74) is 4.03. The van der Waals surface area contributed by atoms with Crippen LogP contribution < -0.4 is 20.7 Å². The number of allylic oxidation sites excluding steroid dienone is 1. The van der Waals surface area contributed by atoms with E-state index in [9.17, 15) is 9.59 Å². The molecule has 1 aromatic heterocycles. The molecule has 2 aliphatic heterocycles. The molecule has 39 heavy (non-hydrogen) atoms. The number of fused-ring (bicyclic) bond motifs is 2. The van der Waals surface area contributed by atoms with Crippen LogP contribution >= 0.6 is 0 Å². The first kappa shape index (κ1) is 26.9. The molecule has 1 aromatic carbocycles. The summed E-state index contributed by atoms with van der Waals surface area (Å²) in [7, 11) is 0. The fourth-order valence-corrected chi connectivity index (χ4v) is 5.49. The molecule has 1 amide bonds. The summed E-state index contributed by atoms with van der Waals surface area (Å²) in [6.07, 6.45) is 7.33. The number of nitrogens with one attached hydrogen (secondary N) is 3. The van der Waals surface area contributed by atoms with Gasteiger partial charge in [0.05, 0.1) is 12.2 Å². The van der Waals surface area contributed by atoms with Gasteiger partial charge in [-0.05, 0) is 55.5 Å². The van der Waals surface area contributed by atoms with Gasteiger partial charge in [-0.3, -0.25) is 9.59 Å². The van der Waals surface area contributed by atoms with Crippen molar-refractivity contribution in [3.63, 3.8) is 0 Å². The second kappa shape index (κ2) is 10.5. The van der Waals surface area contributed by atoms with E-state index < -0.39 is 11.6 Å². The fraction of sp³-hybridized carbons (Fsp3) is 0.452. The number of carbonyl (C=O) groups excluding carboxylic acids is 2. The van der Waals surface area contributed by atoms with E-state index in [0.29, 0.717) is 30.9 Å². The zero-order valence-electron chi connectivity index (χ0n) is 23.4. The molecule has 1 saturated heterocycles. The Labute approximate surface area is 230 Å². The Kier molecular flexibility index (Phi) is 7.25. The predicted octanol–water partition coefficient (Wildman–Crippen LogP) is 4.53. The predicted molar refractivity (Wildman–Crippen MR) is 150 cm³/mol. The Morgan fingerprint density at radius 1 is 1.23 bits per heavy atom. The van der Waals surface area contributed by atoms with Crippen molar-refractivity contribution in [3.05, 3.63) is 76.6 Å². The van der Waals surface area contributed by atoms with Crippen LogP contribution in [-0.2, 0) is 22.5 Å². The van der Waals surface area contributed by atoms with E-state index in [0.717, 1.165) is 30.0 Å². The van der Waals surface area contributed by atoms with Crippen molar-refractivity contribution in [2.75, 3.05) is 18.5 Å². The first-order chi connectivity index (χ1) is 18.5. The van der Waals surface area contributed by atoms with Gasteiger partial charge in [-0.2, -0.15) is 0 Å². The molecule has 3 aliphatic rings. The summed E-state index contributed by atoms with van der Waals surface area (Å²) < 4.78 is 11.3. The van der Waals surface area contributed by atoms with Gasteiger partial charge < -0.3 is 25.4 Å². The number of piperidine rings is 1. The van der Waals surface area contributed by atoms with Crippen LogP contribution in [0.25, 0.3) is 0 Å². The molecule has 8 nitrogen and oxygen atoms in total. The van der Waals surface area contributed by atoms with Crippen LogP contribution in [0.1, 0.15) is 62.5 Å². The van der Waals surface area contributed by atoms with Crippen LogP contribution in [0.4, 0.5) is 5.82 Å². The van der Waals surface area contributed by atoms with Gasteiger partial charge in [0, 0.05) is 43.7 Å². The molecule has 0 spiro atoms. The highest BCUT2D eigenvalue weighted by atomic mass is 16.6. The lowest BCUT2D eigenvalue weighted by molar-refractivity contribution is -0.159. The SMILES string of the molecule is CC(C)(C)OC(=O)C1NCC(C)(C)C2=CCC(NC(=O)c3cccnc3NCc3ccc4c(c3)CCO4)=CC21. The molecule has 206 valence electrons. The van der Waals surface area contributed by atoms with Crippen LogP contribution in [0.15, 0.2) is 60.0 Å². The van der Waals surface area contributed by atoms with Gasteiger partial charge in [-0.1, -0.05) is 43.7 Å². The van der Waals surface area contributed by atoms with Gasteiger partial charge in [0.2, 0.25) is 0 Å². The summed E-state index contributed by atoms with van der Waals surface area (Å²) in [6, 6.07) is 9.16. The van der Waals surface area contributed by atoms with Crippen molar-refractivity contribution in [3.8, 4) is 5.75 Å². The van der Waals surface area contributed by atoms with Crippen LogP contribution in [0, 0.1) is 11.3 Å². The highest BCUT2D eigenvalue weighted by molar-refractivity contribution is 5.99. The Hall–Kier alpha value is -3.65. The number of hydrogen-bond donors (Lipinski definition) is 3. The molecule has 0 bridgehead atoms. The number of carbonyl (C=O) groups is 2. The van der Waals surface area contributed by atoms with Crippen molar-refractivity contribution in [2.45, 2.75) is 65.6 Å². The number of hydrogen-bond acceptors (Lipinski definition) is 7. The average molecular weight is 531 g/mol. The van der Waals surface area contributed by atoms with Crippen LogP contribution in [-0.4, -0.2) is 41.7 Å². The molecule has 8 heteroatoms. The summed E-state index contributed by atoms with van der Waals surface area (Å²) in [5, 5.41) is 9.79. The summed E-state index contributed by atoms with van der Waals surface area (Å²) in [6.45, 7) is 11.9. The van der Waals surface area contributed by atoms with E-state index in [4.69, 9.17) is 9.47 Å². The van der Waals surface area contributed by atoms with E-state index in [1.165, 1.54) is 11.1 Å². The molecule has 0 radical (unpaired) electrons. The molecule has 2 unspecified atom stereocenters. The lowest BCUT2D eigenvalue weighted by Crippen LogP contribution is -2.55. The zero-order valence-corrected chi connectivity index (χ0v) is 23.4. The molecule has 3 heterocycles. The molecular weight excluding hydrogens is 492 g/mol. The molecule has 3 N–H and O–H groups in total. The maximum absolute atomic E-state index is 13.4. The van der Waals surface area contributed by atoms with Crippen molar-refractivity contribution < 1.29 is 19.1 Å². The van der Waals surface area contributed by atoms with Crippen LogP contribution in [0.2, 0.25) is 0 Å². The third-order valence-corrected chi connectivity index (χ3v) is 7.39. The summed E-state index contributed by atoms with van der Waals surface area (Å²) in [4.78, 5) is 30.9. The number of aromatic nitrogens is 1. The van der Waals surface area contributed by atoms with Crippen LogP contribution in [0.3, 0.4) is 0 Å². The number of benzene rings is 1. The molecule has 1 aliphatic carbocycles.